The Morgan fingerprint density at radius 2 is 1.67 bits per heavy atom. The van der Waals surface area contributed by atoms with Crippen molar-refractivity contribution in [3.63, 3.8) is 0 Å². The third kappa shape index (κ3) is 5.08. The predicted molar refractivity (Wildman–Crippen MR) is 130 cm³/mol. The number of nitrogens with zero attached hydrogens (tertiary/aromatic N) is 1. The Bertz CT molecular complexity index is 1110. The first-order chi connectivity index (χ1) is 16.0. The van der Waals surface area contributed by atoms with Crippen LogP contribution in [0.25, 0.3) is 11.1 Å². The van der Waals surface area contributed by atoms with Crippen molar-refractivity contribution in [3.8, 4) is 16.9 Å². The topological polar surface area (TPSA) is 58.6 Å². The van der Waals surface area contributed by atoms with Gasteiger partial charge in [-0.1, -0.05) is 66.7 Å². The molecule has 170 valence electrons. The molecule has 5 nitrogen and oxygen atoms in total. The zero-order valence-corrected chi connectivity index (χ0v) is 19.2. The number of hydrogen-bond acceptors (Lipinski definition) is 3. The molecular weight excluding hydrogens is 412 g/mol. The van der Waals surface area contributed by atoms with Crippen molar-refractivity contribution in [1.29, 1.82) is 0 Å². The molecule has 1 heterocycles. The van der Waals surface area contributed by atoms with Gasteiger partial charge in [0.05, 0.1) is 18.9 Å². The van der Waals surface area contributed by atoms with Gasteiger partial charge in [0.25, 0.3) is 0 Å². The highest BCUT2D eigenvalue weighted by Crippen LogP contribution is 2.36. The first-order valence-electron chi connectivity index (χ1n) is 11.3. The number of amides is 2. The number of ether oxygens (including phenoxy) is 1. The molecule has 0 aliphatic carbocycles. The summed E-state index contributed by atoms with van der Waals surface area (Å²) in [5.41, 5.74) is 3.69. The fourth-order valence-corrected chi connectivity index (χ4v) is 4.67. The first kappa shape index (κ1) is 22.6. The summed E-state index contributed by atoms with van der Waals surface area (Å²) in [5, 5.41) is 2.85. The van der Waals surface area contributed by atoms with E-state index in [2.05, 4.69) is 35.6 Å². The third-order valence-corrected chi connectivity index (χ3v) is 6.51. The molecule has 1 saturated heterocycles. The summed E-state index contributed by atoms with van der Waals surface area (Å²) in [6, 6.07) is 26.1. The lowest BCUT2D eigenvalue weighted by atomic mass is 9.79. The summed E-state index contributed by atoms with van der Waals surface area (Å²) < 4.78 is 5.19. The van der Waals surface area contributed by atoms with E-state index in [-0.39, 0.29) is 11.8 Å². The standard InChI is InChI=1S/C28H30N2O3/c1-29-27(32)28(19-22-7-6-10-24(17-22)23-8-4-3-5-9-23)15-16-30(20-28)26(31)18-21-11-13-25(33-2)14-12-21/h3-14,17H,15-16,18-20H2,1-2H3,(H,29,32)/t28-/m1/s1. The monoisotopic (exact) mass is 442 g/mol. The van der Waals surface area contributed by atoms with Crippen LogP contribution in [0.2, 0.25) is 0 Å². The number of methoxy groups -OCH3 is 1. The first-order valence-corrected chi connectivity index (χ1v) is 11.3. The second-order valence-corrected chi connectivity index (χ2v) is 8.69. The van der Waals surface area contributed by atoms with Crippen LogP contribution in [0, 0.1) is 5.41 Å². The van der Waals surface area contributed by atoms with Crippen LogP contribution in [-0.4, -0.2) is 44.0 Å². The molecule has 1 aliphatic rings. The predicted octanol–water partition coefficient (Wildman–Crippen LogP) is 4.11. The second-order valence-electron chi connectivity index (χ2n) is 8.69. The minimum Gasteiger partial charge on any atom is -0.497 e. The molecular formula is C28H30N2O3. The molecule has 0 unspecified atom stereocenters. The molecule has 3 aromatic rings. The van der Waals surface area contributed by atoms with E-state index in [1.807, 2.05) is 53.4 Å². The van der Waals surface area contributed by atoms with E-state index in [0.29, 0.717) is 32.4 Å². The minimum atomic E-state index is -0.625. The Morgan fingerprint density at radius 1 is 0.939 bits per heavy atom. The molecule has 2 amide bonds. The second kappa shape index (κ2) is 9.90. The van der Waals surface area contributed by atoms with E-state index >= 15 is 0 Å². The van der Waals surface area contributed by atoms with E-state index in [0.717, 1.165) is 28.0 Å². The van der Waals surface area contributed by atoms with Gasteiger partial charge in [0, 0.05) is 20.1 Å². The molecule has 3 aromatic carbocycles. The van der Waals surface area contributed by atoms with Gasteiger partial charge < -0.3 is 15.0 Å². The Labute approximate surface area is 195 Å². The van der Waals surface area contributed by atoms with Gasteiger partial charge in [-0.3, -0.25) is 9.59 Å². The van der Waals surface area contributed by atoms with Crippen LogP contribution in [0.5, 0.6) is 5.75 Å². The van der Waals surface area contributed by atoms with Crippen molar-refractivity contribution in [3.05, 3.63) is 90.0 Å². The van der Waals surface area contributed by atoms with E-state index in [4.69, 9.17) is 4.74 Å². The SMILES string of the molecule is CNC(=O)[C@@]1(Cc2cccc(-c3ccccc3)c2)CCN(C(=O)Cc2ccc(OC)cc2)C1. The molecule has 1 N–H and O–H groups in total. The Kier molecular flexibility index (Phi) is 6.78. The highest BCUT2D eigenvalue weighted by atomic mass is 16.5. The maximum Gasteiger partial charge on any atom is 0.228 e. The highest BCUT2D eigenvalue weighted by molar-refractivity contribution is 5.86. The van der Waals surface area contributed by atoms with Crippen LogP contribution < -0.4 is 10.1 Å². The molecule has 33 heavy (non-hydrogen) atoms. The Balaban J connectivity index is 1.50. The number of hydrogen-bond donors (Lipinski definition) is 1. The minimum absolute atomic E-state index is 0.00707. The third-order valence-electron chi connectivity index (χ3n) is 6.51. The number of nitrogens with one attached hydrogen (secondary N) is 1. The van der Waals surface area contributed by atoms with Gasteiger partial charge in [0.2, 0.25) is 11.8 Å². The Hall–Kier alpha value is -3.60. The number of carbonyl (C=O) groups excluding carboxylic acids is 2. The normalized spacial score (nSPS) is 17.6. The van der Waals surface area contributed by atoms with E-state index in [1.54, 1.807) is 14.2 Å². The van der Waals surface area contributed by atoms with Crippen LogP contribution in [-0.2, 0) is 22.4 Å². The molecule has 1 fully saturated rings. The van der Waals surface area contributed by atoms with Gasteiger partial charge in [0.1, 0.15) is 5.75 Å². The summed E-state index contributed by atoms with van der Waals surface area (Å²) in [6.45, 7) is 1.01. The Morgan fingerprint density at radius 3 is 2.36 bits per heavy atom. The summed E-state index contributed by atoms with van der Waals surface area (Å²) in [4.78, 5) is 27.9. The summed E-state index contributed by atoms with van der Waals surface area (Å²) in [5.74, 6) is 0.806. The molecule has 0 aromatic heterocycles. The lowest BCUT2D eigenvalue weighted by molar-refractivity contribution is -0.132. The molecule has 0 bridgehead atoms. The molecule has 1 atom stereocenters. The van der Waals surface area contributed by atoms with E-state index in [9.17, 15) is 9.59 Å². The summed E-state index contributed by atoms with van der Waals surface area (Å²) in [6.07, 6.45) is 1.56. The van der Waals surface area contributed by atoms with Crippen molar-refractivity contribution >= 4 is 11.8 Å². The van der Waals surface area contributed by atoms with Crippen LogP contribution in [0.4, 0.5) is 0 Å². The lowest BCUT2D eigenvalue weighted by Gasteiger charge is -2.28. The zero-order valence-electron chi connectivity index (χ0n) is 19.2. The van der Waals surface area contributed by atoms with Gasteiger partial charge in [-0.05, 0) is 47.2 Å². The fraction of sp³-hybridized carbons (Fsp3) is 0.286. The summed E-state index contributed by atoms with van der Waals surface area (Å²) in [7, 11) is 3.30. The molecule has 4 rings (SSSR count). The van der Waals surface area contributed by atoms with Crippen molar-refractivity contribution in [2.24, 2.45) is 5.41 Å². The van der Waals surface area contributed by atoms with Gasteiger partial charge in [-0.25, -0.2) is 0 Å². The van der Waals surface area contributed by atoms with Crippen molar-refractivity contribution < 1.29 is 14.3 Å². The van der Waals surface area contributed by atoms with Crippen LogP contribution in [0.1, 0.15) is 17.5 Å². The smallest absolute Gasteiger partial charge is 0.228 e. The van der Waals surface area contributed by atoms with E-state index < -0.39 is 5.41 Å². The van der Waals surface area contributed by atoms with Gasteiger partial charge in [0.15, 0.2) is 0 Å². The van der Waals surface area contributed by atoms with Crippen LogP contribution >= 0.6 is 0 Å². The van der Waals surface area contributed by atoms with Crippen LogP contribution in [0.15, 0.2) is 78.9 Å². The lowest BCUT2D eigenvalue weighted by Crippen LogP contribution is -2.44. The van der Waals surface area contributed by atoms with Crippen LogP contribution in [0.3, 0.4) is 0 Å². The average Bonchev–Trinajstić information content (AvgIpc) is 3.30. The van der Waals surface area contributed by atoms with Gasteiger partial charge >= 0.3 is 0 Å². The zero-order chi connectivity index (χ0) is 23.3. The van der Waals surface area contributed by atoms with Crippen molar-refractivity contribution in [2.45, 2.75) is 19.3 Å². The number of benzene rings is 3. The number of rotatable bonds is 7. The number of carbonyl (C=O) groups is 2. The van der Waals surface area contributed by atoms with E-state index in [1.165, 1.54) is 0 Å². The van der Waals surface area contributed by atoms with Gasteiger partial charge in [-0.2, -0.15) is 0 Å². The van der Waals surface area contributed by atoms with Crippen molar-refractivity contribution in [2.75, 3.05) is 27.2 Å². The molecule has 0 radical (unpaired) electrons. The number of likely N-dealkylation sites (tertiary alicyclic amines) is 1. The quantitative estimate of drug-likeness (QED) is 0.599. The fourth-order valence-electron chi connectivity index (χ4n) is 4.67. The van der Waals surface area contributed by atoms with Gasteiger partial charge in [-0.15, -0.1) is 0 Å². The molecule has 1 aliphatic heterocycles. The van der Waals surface area contributed by atoms with Crippen molar-refractivity contribution in [1.82, 2.24) is 10.2 Å². The summed E-state index contributed by atoms with van der Waals surface area (Å²) >= 11 is 0. The highest BCUT2D eigenvalue weighted by Gasteiger charge is 2.45. The average molecular weight is 443 g/mol. The maximum absolute atomic E-state index is 13.0. The maximum atomic E-state index is 13.0. The molecule has 0 saturated carbocycles. The molecule has 0 spiro atoms. The molecule has 5 heteroatoms. The largest absolute Gasteiger partial charge is 0.497 e.